The summed E-state index contributed by atoms with van der Waals surface area (Å²) in [6.07, 6.45) is 0. The topological polar surface area (TPSA) is 72.0 Å². The summed E-state index contributed by atoms with van der Waals surface area (Å²) in [5.74, 6) is -0.373. The fraction of sp³-hybridized carbons (Fsp3) is 0.278. The Hall–Kier alpha value is -2.18. The molecule has 2 aromatic heterocycles. The van der Waals surface area contributed by atoms with Gasteiger partial charge in [0.2, 0.25) is 0 Å². The zero-order valence-electron chi connectivity index (χ0n) is 13.8. The van der Waals surface area contributed by atoms with Crippen LogP contribution < -0.4 is 5.56 Å². The van der Waals surface area contributed by atoms with Gasteiger partial charge in [0.15, 0.2) is 0 Å². The molecule has 3 aromatic rings. The van der Waals surface area contributed by atoms with Crippen molar-refractivity contribution in [2.24, 2.45) is 5.92 Å². The third-order valence-electron chi connectivity index (χ3n) is 3.86. The van der Waals surface area contributed by atoms with Gasteiger partial charge in [-0.25, -0.2) is 4.98 Å². The molecule has 1 atom stereocenters. The summed E-state index contributed by atoms with van der Waals surface area (Å²) in [5.41, 5.74) is 1.24. The summed E-state index contributed by atoms with van der Waals surface area (Å²) in [4.78, 5) is 31.5. The minimum Gasteiger partial charge on any atom is -0.457 e. The Morgan fingerprint density at radius 2 is 2.00 bits per heavy atom. The average Bonchev–Trinajstić information content (AvgIpc) is 3.04. The van der Waals surface area contributed by atoms with Crippen molar-refractivity contribution in [3.8, 4) is 0 Å². The highest BCUT2D eigenvalue weighted by Crippen LogP contribution is 2.27. The second kappa shape index (κ2) is 7.37. The highest BCUT2D eigenvalue weighted by molar-refractivity contribution is 7.17. The smallest absolute Gasteiger partial charge is 0.314 e. The van der Waals surface area contributed by atoms with E-state index in [9.17, 15) is 9.59 Å². The number of rotatable bonds is 5. The monoisotopic (exact) mass is 376 g/mol. The quantitative estimate of drug-likeness (QED) is 0.680. The Bertz CT molecular complexity index is 947. The number of thiophene rings is 1. The van der Waals surface area contributed by atoms with Crippen molar-refractivity contribution in [1.29, 1.82) is 0 Å². The number of carbonyl (C=O) groups excluding carboxylic acids is 1. The molecule has 0 radical (unpaired) electrons. The third kappa shape index (κ3) is 3.91. The predicted octanol–water partition coefficient (Wildman–Crippen LogP) is 4.12. The normalized spacial score (nSPS) is 12.5. The van der Waals surface area contributed by atoms with Crippen LogP contribution in [0.1, 0.15) is 31.2 Å². The van der Waals surface area contributed by atoms with Gasteiger partial charge in [-0.2, -0.15) is 0 Å². The molecule has 130 valence electrons. The van der Waals surface area contributed by atoms with Crippen LogP contribution >= 0.6 is 22.9 Å². The van der Waals surface area contributed by atoms with Gasteiger partial charge in [-0.05, 0) is 35.1 Å². The van der Waals surface area contributed by atoms with Crippen LogP contribution in [0.5, 0.6) is 0 Å². The van der Waals surface area contributed by atoms with E-state index in [0.717, 1.165) is 5.56 Å². The summed E-state index contributed by atoms with van der Waals surface area (Å²) in [6.45, 7) is 3.84. The van der Waals surface area contributed by atoms with Crippen LogP contribution in [-0.4, -0.2) is 15.9 Å². The van der Waals surface area contributed by atoms with Crippen molar-refractivity contribution in [2.75, 3.05) is 0 Å². The van der Waals surface area contributed by atoms with E-state index in [4.69, 9.17) is 16.3 Å². The molecule has 0 fully saturated rings. The largest absolute Gasteiger partial charge is 0.457 e. The summed E-state index contributed by atoms with van der Waals surface area (Å²) in [6, 6.07) is 8.93. The Labute approximate surface area is 153 Å². The second-order valence-corrected chi connectivity index (χ2v) is 7.38. The highest BCUT2D eigenvalue weighted by atomic mass is 35.5. The molecular weight excluding hydrogens is 360 g/mol. The molecule has 0 saturated heterocycles. The number of aromatic nitrogens is 2. The molecule has 1 aromatic carbocycles. The van der Waals surface area contributed by atoms with Gasteiger partial charge in [-0.15, -0.1) is 11.3 Å². The lowest BCUT2D eigenvalue weighted by Gasteiger charge is -2.19. The molecule has 5 nitrogen and oxygen atoms in total. The number of aromatic amines is 1. The van der Waals surface area contributed by atoms with Gasteiger partial charge in [-0.3, -0.25) is 9.59 Å². The van der Waals surface area contributed by atoms with E-state index in [-0.39, 0.29) is 24.1 Å². The lowest BCUT2D eigenvalue weighted by Crippen LogP contribution is -2.22. The van der Waals surface area contributed by atoms with Crippen LogP contribution in [0.2, 0.25) is 5.02 Å². The van der Waals surface area contributed by atoms with Gasteiger partial charge in [0, 0.05) is 5.02 Å². The number of nitrogens with one attached hydrogen (secondary N) is 1. The van der Waals surface area contributed by atoms with Gasteiger partial charge in [-0.1, -0.05) is 37.6 Å². The van der Waals surface area contributed by atoms with Crippen molar-refractivity contribution in [2.45, 2.75) is 26.4 Å². The van der Waals surface area contributed by atoms with Crippen LogP contribution in [0.3, 0.4) is 0 Å². The number of esters is 1. The molecule has 0 aliphatic carbocycles. The van der Waals surface area contributed by atoms with Gasteiger partial charge in [0.1, 0.15) is 17.1 Å². The first kappa shape index (κ1) is 17.6. The molecule has 1 N–H and O–H groups in total. The van der Waals surface area contributed by atoms with E-state index >= 15 is 0 Å². The maximum Gasteiger partial charge on any atom is 0.314 e. The van der Waals surface area contributed by atoms with Crippen molar-refractivity contribution in [3.05, 3.63) is 62.5 Å². The minimum absolute atomic E-state index is 0.0556. The lowest BCUT2D eigenvalue weighted by atomic mass is 9.88. The number of ether oxygens (including phenoxy) is 1. The molecule has 0 aliphatic rings. The Balaban J connectivity index is 1.76. The fourth-order valence-corrected chi connectivity index (χ4v) is 3.53. The maximum absolute atomic E-state index is 12.6. The summed E-state index contributed by atoms with van der Waals surface area (Å²) in [5, 5.41) is 2.42. The van der Waals surface area contributed by atoms with E-state index in [1.54, 1.807) is 23.6 Å². The first-order chi connectivity index (χ1) is 12.0. The molecule has 0 unspecified atom stereocenters. The molecule has 0 bridgehead atoms. The predicted molar refractivity (Wildman–Crippen MR) is 99.1 cm³/mol. The highest BCUT2D eigenvalue weighted by Gasteiger charge is 2.26. The molecule has 0 spiro atoms. The van der Waals surface area contributed by atoms with Gasteiger partial charge >= 0.3 is 5.97 Å². The summed E-state index contributed by atoms with van der Waals surface area (Å²) >= 11 is 7.24. The molecule has 2 heterocycles. The van der Waals surface area contributed by atoms with Crippen LogP contribution in [0, 0.1) is 5.92 Å². The van der Waals surface area contributed by atoms with E-state index < -0.39 is 5.92 Å². The van der Waals surface area contributed by atoms with Crippen LogP contribution in [-0.2, 0) is 16.1 Å². The molecule has 0 amide bonds. The van der Waals surface area contributed by atoms with Gasteiger partial charge < -0.3 is 9.72 Å². The zero-order valence-corrected chi connectivity index (χ0v) is 15.4. The van der Waals surface area contributed by atoms with Crippen LogP contribution in [0.15, 0.2) is 40.5 Å². The number of fused-ring (bicyclic) bond motifs is 1. The average molecular weight is 377 g/mol. The lowest BCUT2D eigenvalue weighted by molar-refractivity contribution is -0.148. The van der Waals surface area contributed by atoms with Gasteiger partial charge in [0.05, 0.1) is 11.4 Å². The number of carbonyl (C=O) groups is 1. The first-order valence-corrected chi connectivity index (χ1v) is 9.10. The van der Waals surface area contributed by atoms with E-state index in [0.29, 0.717) is 21.1 Å². The number of halogens is 1. The van der Waals surface area contributed by atoms with Crippen molar-refractivity contribution >= 4 is 39.1 Å². The number of nitrogens with zero attached hydrogens (tertiary/aromatic N) is 1. The number of benzene rings is 1. The molecule has 7 heteroatoms. The maximum atomic E-state index is 12.6. The van der Waals surface area contributed by atoms with Crippen LogP contribution in [0.4, 0.5) is 0 Å². The second-order valence-electron chi connectivity index (χ2n) is 6.03. The summed E-state index contributed by atoms with van der Waals surface area (Å²) < 4.78 is 5.98. The molecule has 0 saturated carbocycles. The number of H-pyrrole nitrogens is 1. The molecular formula is C18H17ClN2O3S. The Kier molecular flexibility index (Phi) is 5.20. The molecule has 3 rings (SSSR count). The minimum atomic E-state index is -0.408. The Morgan fingerprint density at radius 1 is 1.28 bits per heavy atom. The standard InChI is InChI=1S/C18H17ClN2O3S/c1-10(2)15(11-3-5-12(19)6-4-11)18(23)24-9-14-20-13-7-8-25-16(13)17(22)21-14/h3-8,10,15H,9H2,1-2H3,(H,20,21,22)/t15-/m0/s1. The SMILES string of the molecule is CC(C)[C@H](C(=O)OCc1nc2ccsc2c(=O)[nH]1)c1ccc(Cl)cc1. The number of hydrogen-bond acceptors (Lipinski definition) is 5. The van der Waals surface area contributed by atoms with E-state index in [2.05, 4.69) is 9.97 Å². The van der Waals surface area contributed by atoms with E-state index in [1.807, 2.05) is 26.0 Å². The van der Waals surface area contributed by atoms with Crippen molar-refractivity contribution in [3.63, 3.8) is 0 Å². The number of hydrogen-bond donors (Lipinski definition) is 1. The fourth-order valence-electron chi connectivity index (χ4n) is 2.68. The third-order valence-corrected chi connectivity index (χ3v) is 5.02. The summed E-state index contributed by atoms with van der Waals surface area (Å²) in [7, 11) is 0. The van der Waals surface area contributed by atoms with Gasteiger partial charge in [0.25, 0.3) is 5.56 Å². The zero-order chi connectivity index (χ0) is 18.0. The molecule has 0 aliphatic heterocycles. The van der Waals surface area contributed by atoms with Crippen molar-refractivity contribution in [1.82, 2.24) is 9.97 Å². The Morgan fingerprint density at radius 3 is 2.68 bits per heavy atom. The van der Waals surface area contributed by atoms with Crippen molar-refractivity contribution < 1.29 is 9.53 Å². The van der Waals surface area contributed by atoms with Crippen LogP contribution in [0.25, 0.3) is 10.2 Å². The van der Waals surface area contributed by atoms with E-state index in [1.165, 1.54) is 11.3 Å². The first-order valence-electron chi connectivity index (χ1n) is 7.84. The molecule has 25 heavy (non-hydrogen) atoms.